The lowest BCUT2D eigenvalue weighted by Crippen LogP contribution is -2.39. The summed E-state index contributed by atoms with van der Waals surface area (Å²) in [7, 11) is 3.14. The van der Waals surface area contributed by atoms with E-state index in [1.54, 1.807) is 50.0 Å². The monoisotopic (exact) mass is 348 g/mol. The lowest BCUT2D eigenvalue weighted by molar-refractivity contribution is 0.249. The maximum absolute atomic E-state index is 12.2. The summed E-state index contributed by atoms with van der Waals surface area (Å²) >= 11 is 1.61. The van der Waals surface area contributed by atoms with Crippen molar-refractivity contribution >= 4 is 28.2 Å². The quantitative estimate of drug-likeness (QED) is 0.868. The van der Waals surface area contributed by atoms with Crippen molar-refractivity contribution in [1.82, 2.24) is 10.3 Å². The summed E-state index contributed by atoms with van der Waals surface area (Å²) in [5.74, 6) is 1.23. The molecule has 1 aromatic carbocycles. The van der Waals surface area contributed by atoms with E-state index >= 15 is 0 Å². The van der Waals surface area contributed by atoms with Gasteiger partial charge >= 0.3 is 6.03 Å². The number of ether oxygens (including phenoxy) is 2. The molecule has 1 fully saturated rings. The molecule has 1 aromatic heterocycles. The van der Waals surface area contributed by atoms with Gasteiger partial charge in [-0.2, -0.15) is 0 Å². The lowest BCUT2D eigenvalue weighted by Gasteiger charge is -2.17. The second-order valence-electron chi connectivity index (χ2n) is 5.41. The number of methoxy groups -OCH3 is 2. The van der Waals surface area contributed by atoms with Gasteiger partial charge < -0.3 is 25.0 Å². The van der Waals surface area contributed by atoms with E-state index in [9.17, 15) is 4.79 Å². The molecular weight excluding hydrogens is 328 g/mol. The molecule has 1 aliphatic rings. The maximum Gasteiger partial charge on any atom is 0.319 e. The number of hydrogen-bond donors (Lipinski definition) is 2. The van der Waals surface area contributed by atoms with E-state index < -0.39 is 0 Å². The van der Waals surface area contributed by atoms with E-state index in [4.69, 9.17) is 9.47 Å². The van der Waals surface area contributed by atoms with Gasteiger partial charge in [0.25, 0.3) is 0 Å². The van der Waals surface area contributed by atoms with Crippen LogP contribution >= 0.6 is 11.3 Å². The molecule has 0 saturated carbocycles. The first-order chi connectivity index (χ1) is 11.7. The average Bonchev–Trinajstić information content (AvgIpc) is 3.26. The van der Waals surface area contributed by atoms with Gasteiger partial charge in [0.15, 0.2) is 5.13 Å². The van der Waals surface area contributed by atoms with Gasteiger partial charge in [-0.05, 0) is 18.6 Å². The molecule has 7 nitrogen and oxygen atoms in total. The van der Waals surface area contributed by atoms with Crippen LogP contribution < -0.4 is 25.0 Å². The summed E-state index contributed by atoms with van der Waals surface area (Å²) in [5.41, 5.74) is 0.602. The predicted molar refractivity (Wildman–Crippen MR) is 94.4 cm³/mol. The van der Waals surface area contributed by atoms with Gasteiger partial charge in [0.05, 0.1) is 19.9 Å². The third-order valence-electron chi connectivity index (χ3n) is 3.87. The second kappa shape index (κ2) is 7.39. The lowest BCUT2D eigenvalue weighted by atomic mass is 10.2. The summed E-state index contributed by atoms with van der Waals surface area (Å²) in [5, 5.41) is 8.78. The molecule has 8 heteroatoms. The molecule has 0 spiro atoms. The summed E-state index contributed by atoms with van der Waals surface area (Å²) in [4.78, 5) is 18.7. The fraction of sp³-hybridized carbons (Fsp3) is 0.375. The first-order valence-electron chi connectivity index (χ1n) is 7.63. The predicted octanol–water partition coefficient (Wildman–Crippen LogP) is 2.56. The van der Waals surface area contributed by atoms with Crippen molar-refractivity contribution in [2.24, 2.45) is 0 Å². The minimum Gasteiger partial charge on any atom is -0.497 e. The first kappa shape index (κ1) is 16.4. The number of carbonyl (C=O) groups is 1. The van der Waals surface area contributed by atoms with Crippen molar-refractivity contribution in [2.75, 3.05) is 37.5 Å². The Morgan fingerprint density at radius 1 is 1.38 bits per heavy atom. The number of amides is 2. The van der Waals surface area contributed by atoms with Gasteiger partial charge in [-0.1, -0.05) is 0 Å². The number of rotatable bonds is 5. The number of aromatic nitrogens is 1. The number of nitrogens with one attached hydrogen (secondary N) is 2. The molecule has 3 rings (SSSR count). The zero-order valence-corrected chi connectivity index (χ0v) is 14.4. The molecule has 2 heterocycles. The van der Waals surface area contributed by atoms with Gasteiger partial charge in [-0.3, -0.25) is 0 Å². The number of hydrogen-bond acceptors (Lipinski definition) is 6. The number of nitrogens with zero attached hydrogens (tertiary/aromatic N) is 2. The highest BCUT2D eigenvalue weighted by atomic mass is 32.1. The van der Waals surface area contributed by atoms with Crippen LogP contribution in [-0.4, -0.2) is 44.4 Å². The fourth-order valence-electron chi connectivity index (χ4n) is 2.67. The fourth-order valence-corrected chi connectivity index (χ4v) is 3.35. The SMILES string of the molecule is COc1ccc(NC(=O)N[C@H]2CCN(c3nccs3)C2)c(OC)c1. The standard InChI is InChI=1S/C16H20N4O3S/c1-22-12-3-4-13(14(9-12)23-2)19-15(21)18-11-5-7-20(10-11)16-17-6-8-24-16/h3-4,6,8-9,11H,5,7,10H2,1-2H3,(H2,18,19,21)/t11-/m0/s1. The van der Waals surface area contributed by atoms with Gasteiger partial charge in [-0.25, -0.2) is 9.78 Å². The Bertz CT molecular complexity index is 693. The average molecular weight is 348 g/mol. The number of carbonyl (C=O) groups excluding carboxylic acids is 1. The highest BCUT2D eigenvalue weighted by Gasteiger charge is 2.25. The van der Waals surface area contributed by atoms with Crippen LogP contribution in [0.25, 0.3) is 0 Å². The van der Waals surface area contributed by atoms with Crippen molar-refractivity contribution in [3.05, 3.63) is 29.8 Å². The number of anilines is 2. The molecule has 2 N–H and O–H groups in total. The molecule has 128 valence electrons. The molecule has 0 aliphatic carbocycles. The van der Waals surface area contributed by atoms with Crippen molar-refractivity contribution in [1.29, 1.82) is 0 Å². The van der Waals surface area contributed by atoms with Crippen LogP contribution in [0.5, 0.6) is 11.5 Å². The molecule has 2 amide bonds. The van der Waals surface area contributed by atoms with Crippen molar-refractivity contribution in [3.8, 4) is 11.5 Å². The molecule has 1 saturated heterocycles. The second-order valence-corrected chi connectivity index (χ2v) is 6.28. The first-order valence-corrected chi connectivity index (χ1v) is 8.51. The maximum atomic E-state index is 12.2. The Balaban J connectivity index is 1.56. The summed E-state index contributed by atoms with van der Waals surface area (Å²) < 4.78 is 10.4. The normalized spacial score (nSPS) is 16.8. The number of benzene rings is 1. The Kier molecular flexibility index (Phi) is 5.05. The molecule has 24 heavy (non-hydrogen) atoms. The van der Waals surface area contributed by atoms with Gasteiger partial charge in [0, 0.05) is 36.8 Å². The van der Waals surface area contributed by atoms with Crippen LogP contribution in [0.3, 0.4) is 0 Å². The van der Waals surface area contributed by atoms with E-state index in [-0.39, 0.29) is 12.1 Å². The Hall–Kier alpha value is -2.48. The smallest absolute Gasteiger partial charge is 0.319 e. The van der Waals surface area contributed by atoms with Crippen LogP contribution in [0.2, 0.25) is 0 Å². The van der Waals surface area contributed by atoms with Crippen molar-refractivity contribution in [3.63, 3.8) is 0 Å². The molecule has 2 aromatic rings. The zero-order chi connectivity index (χ0) is 16.9. The van der Waals surface area contributed by atoms with E-state index in [1.165, 1.54) is 0 Å². The third kappa shape index (κ3) is 3.70. The third-order valence-corrected chi connectivity index (χ3v) is 4.70. The molecule has 0 bridgehead atoms. The Morgan fingerprint density at radius 2 is 2.25 bits per heavy atom. The van der Waals surface area contributed by atoms with E-state index in [0.29, 0.717) is 17.2 Å². The molecule has 1 atom stereocenters. The number of thiazole rings is 1. The van der Waals surface area contributed by atoms with E-state index in [0.717, 1.165) is 24.6 Å². The molecule has 0 radical (unpaired) electrons. The van der Waals surface area contributed by atoms with Crippen LogP contribution in [0.1, 0.15) is 6.42 Å². The molecule has 1 aliphatic heterocycles. The Morgan fingerprint density at radius 3 is 2.96 bits per heavy atom. The van der Waals surface area contributed by atoms with Gasteiger partial charge in [-0.15, -0.1) is 11.3 Å². The van der Waals surface area contributed by atoms with E-state index in [2.05, 4.69) is 20.5 Å². The van der Waals surface area contributed by atoms with Crippen molar-refractivity contribution < 1.29 is 14.3 Å². The highest BCUT2D eigenvalue weighted by molar-refractivity contribution is 7.13. The topological polar surface area (TPSA) is 75.7 Å². The zero-order valence-electron chi connectivity index (χ0n) is 13.6. The van der Waals surface area contributed by atoms with Crippen LogP contribution in [0.4, 0.5) is 15.6 Å². The highest BCUT2D eigenvalue weighted by Crippen LogP contribution is 2.29. The van der Waals surface area contributed by atoms with Gasteiger partial charge in [0.1, 0.15) is 11.5 Å². The number of urea groups is 1. The Labute approximate surface area is 144 Å². The molecular formula is C16H20N4O3S. The van der Waals surface area contributed by atoms with Crippen LogP contribution in [0, 0.1) is 0 Å². The largest absolute Gasteiger partial charge is 0.497 e. The van der Waals surface area contributed by atoms with E-state index in [1.807, 2.05) is 5.38 Å². The van der Waals surface area contributed by atoms with Gasteiger partial charge in [0.2, 0.25) is 0 Å². The van der Waals surface area contributed by atoms with Crippen LogP contribution in [-0.2, 0) is 0 Å². The summed E-state index contributed by atoms with van der Waals surface area (Å²) in [6.07, 6.45) is 2.69. The summed E-state index contributed by atoms with van der Waals surface area (Å²) in [6.45, 7) is 1.66. The minimum atomic E-state index is -0.246. The summed E-state index contributed by atoms with van der Waals surface area (Å²) in [6, 6.07) is 5.11. The van der Waals surface area contributed by atoms with Crippen molar-refractivity contribution in [2.45, 2.75) is 12.5 Å². The molecule has 0 unspecified atom stereocenters. The minimum absolute atomic E-state index is 0.0955. The van der Waals surface area contributed by atoms with Crippen LogP contribution in [0.15, 0.2) is 29.8 Å².